The first kappa shape index (κ1) is 11.7. The number of aromatic nitrogens is 3. The van der Waals surface area contributed by atoms with E-state index in [1.54, 1.807) is 11.8 Å². The highest BCUT2D eigenvalue weighted by atomic mass is 32.2. The molecule has 2 aromatic rings. The molecule has 0 bridgehead atoms. The summed E-state index contributed by atoms with van der Waals surface area (Å²) in [5, 5.41) is 5.63. The summed E-state index contributed by atoms with van der Waals surface area (Å²) in [6.07, 6.45) is 0.813. The van der Waals surface area contributed by atoms with Crippen LogP contribution in [-0.2, 0) is 13.1 Å². The van der Waals surface area contributed by atoms with Crippen LogP contribution in [0.25, 0.3) is 0 Å². The highest BCUT2D eigenvalue weighted by molar-refractivity contribution is 7.99. The molecule has 0 amide bonds. The fourth-order valence-corrected chi connectivity index (χ4v) is 2.98. The lowest BCUT2D eigenvalue weighted by Crippen LogP contribution is -2.30. The van der Waals surface area contributed by atoms with Gasteiger partial charge in [-0.25, -0.2) is 9.67 Å². The van der Waals surface area contributed by atoms with Gasteiger partial charge in [-0.1, -0.05) is 49.0 Å². The molecule has 1 aliphatic rings. The maximum atomic E-state index is 4.60. The summed E-state index contributed by atoms with van der Waals surface area (Å²) in [6.45, 7) is 4.09. The Morgan fingerprint density at radius 3 is 2.89 bits per heavy atom. The molecule has 0 spiro atoms. The lowest BCUT2D eigenvalue weighted by molar-refractivity contribution is 0.233. The van der Waals surface area contributed by atoms with Gasteiger partial charge in [0.05, 0.1) is 12.5 Å². The number of rotatable bonds is 3. The number of hydrogen-bond donors (Lipinski definition) is 0. The molecular formula is C13H16N4S. The van der Waals surface area contributed by atoms with Crippen molar-refractivity contribution in [2.75, 3.05) is 12.4 Å². The van der Waals surface area contributed by atoms with Crippen LogP contribution in [-0.4, -0.2) is 32.1 Å². The quantitative estimate of drug-likeness (QED) is 0.847. The van der Waals surface area contributed by atoms with Crippen molar-refractivity contribution in [3.63, 3.8) is 0 Å². The maximum Gasteiger partial charge on any atom is 0.188 e. The second-order valence-electron chi connectivity index (χ2n) is 4.37. The van der Waals surface area contributed by atoms with Crippen LogP contribution in [0.4, 0.5) is 0 Å². The second-order valence-corrected chi connectivity index (χ2v) is 5.29. The molecule has 0 N–H and O–H groups in total. The summed E-state index contributed by atoms with van der Waals surface area (Å²) in [6, 6.07) is 10.4. The largest absolute Gasteiger partial charge is 0.275 e. The molecular weight excluding hydrogens is 244 g/mol. The molecule has 1 aliphatic heterocycles. The molecule has 0 fully saturated rings. The van der Waals surface area contributed by atoms with Crippen LogP contribution in [0.5, 0.6) is 0 Å². The minimum absolute atomic E-state index is 0.813. The predicted molar refractivity (Wildman–Crippen MR) is 72.4 cm³/mol. The maximum absolute atomic E-state index is 4.60. The van der Waals surface area contributed by atoms with Crippen LogP contribution in [0.3, 0.4) is 0 Å². The predicted octanol–water partition coefficient (Wildman–Crippen LogP) is 2.21. The van der Waals surface area contributed by atoms with Crippen molar-refractivity contribution in [1.82, 2.24) is 19.7 Å². The summed E-state index contributed by atoms with van der Waals surface area (Å²) < 4.78 is 2.01. The number of benzene rings is 1. The van der Waals surface area contributed by atoms with Gasteiger partial charge in [-0.3, -0.25) is 4.90 Å². The minimum atomic E-state index is 0.813. The summed E-state index contributed by atoms with van der Waals surface area (Å²) in [4.78, 5) is 6.95. The van der Waals surface area contributed by atoms with Gasteiger partial charge in [0.2, 0.25) is 0 Å². The number of nitrogens with zero attached hydrogens (tertiary/aromatic N) is 4. The van der Waals surface area contributed by atoms with Crippen molar-refractivity contribution < 1.29 is 0 Å². The van der Waals surface area contributed by atoms with Gasteiger partial charge in [-0.15, -0.1) is 0 Å². The standard InChI is InChI=1S/C13H16N4S/c1-2-16-9-17-13(18-10-16)14-12(15-17)8-11-6-4-3-5-7-11/h3-7H,2,8-10H2,1H3. The first-order chi connectivity index (χ1) is 8.85. The molecule has 2 heterocycles. The lowest BCUT2D eigenvalue weighted by Gasteiger charge is -2.24. The van der Waals surface area contributed by atoms with Crippen LogP contribution in [0.1, 0.15) is 18.3 Å². The Balaban J connectivity index is 1.78. The van der Waals surface area contributed by atoms with E-state index in [0.717, 1.165) is 36.5 Å². The molecule has 0 atom stereocenters. The molecule has 1 aromatic carbocycles. The van der Waals surface area contributed by atoms with Gasteiger partial charge in [0.1, 0.15) is 0 Å². The van der Waals surface area contributed by atoms with Crippen LogP contribution in [0.2, 0.25) is 0 Å². The first-order valence-electron chi connectivity index (χ1n) is 6.18. The van der Waals surface area contributed by atoms with Crippen LogP contribution < -0.4 is 0 Å². The summed E-state index contributed by atoms with van der Waals surface area (Å²) in [5.41, 5.74) is 1.26. The molecule has 5 heteroatoms. The Labute approximate surface area is 111 Å². The molecule has 94 valence electrons. The van der Waals surface area contributed by atoms with E-state index in [4.69, 9.17) is 0 Å². The highest BCUT2D eigenvalue weighted by Crippen LogP contribution is 2.23. The minimum Gasteiger partial charge on any atom is -0.275 e. The Bertz CT molecular complexity index is 523. The van der Waals surface area contributed by atoms with Gasteiger partial charge in [0.25, 0.3) is 0 Å². The van der Waals surface area contributed by atoms with Gasteiger partial charge in [0, 0.05) is 6.42 Å². The topological polar surface area (TPSA) is 34.0 Å². The monoisotopic (exact) mass is 260 g/mol. The van der Waals surface area contributed by atoms with E-state index in [1.165, 1.54) is 5.56 Å². The average molecular weight is 260 g/mol. The number of hydrogen-bond acceptors (Lipinski definition) is 4. The molecule has 3 rings (SSSR count). The van der Waals surface area contributed by atoms with Crippen molar-refractivity contribution in [3.8, 4) is 0 Å². The Morgan fingerprint density at radius 1 is 1.28 bits per heavy atom. The first-order valence-corrected chi connectivity index (χ1v) is 7.16. The molecule has 1 aromatic heterocycles. The normalized spacial score (nSPS) is 15.6. The zero-order valence-electron chi connectivity index (χ0n) is 10.4. The van der Waals surface area contributed by atoms with Gasteiger partial charge < -0.3 is 0 Å². The van der Waals surface area contributed by atoms with Crippen molar-refractivity contribution in [2.24, 2.45) is 0 Å². The zero-order valence-corrected chi connectivity index (χ0v) is 11.2. The lowest BCUT2D eigenvalue weighted by atomic mass is 10.1. The van der Waals surface area contributed by atoms with E-state index in [-0.39, 0.29) is 0 Å². The van der Waals surface area contributed by atoms with E-state index in [9.17, 15) is 0 Å². The molecule has 0 aliphatic carbocycles. The SMILES string of the molecule is CCN1CSc2nc(Cc3ccccc3)nn2C1. The molecule has 0 saturated carbocycles. The number of fused-ring (bicyclic) bond motifs is 1. The molecule has 0 unspecified atom stereocenters. The van der Waals surface area contributed by atoms with Crippen LogP contribution in [0, 0.1) is 0 Å². The van der Waals surface area contributed by atoms with Crippen molar-refractivity contribution in [1.29, 1.82) is 0 Å². The van der Waals surface area contributed by atoms with Crippen molar-refractivity contribution >= 4 is 11.8 Å². The van der Waals surface area contributed by atoms with E-state index in [1.807, 2.05) is 10.7 Å². The van der Waals surface area contributed by atoms with Crippen molar-refractivity contribution in [3.05, 3.63) is 41.7 Å². The molecule has 0 saturated heterocycles. The smallest absolute Gasteiger partial charge is 0.188 e. The fraction of sp³-hybridized carbons (Fsp3) is 0.385. The Kier molecular flexibility index (Phi) is 3.34. The number of thioether (sulfide) groups is 1. The Hall–Kier alpha value is -1.33. The van der Waals surface area contributed by atoms with E-state index >= 15 is 0 Å². The molecule has 18 heavy (non-hydrogen) atoms. The third-order valence-electron chi connectivity index (χ3n) is 3.04. The van der Waals surface area contributed by atoms with Gasteiger partial charge in [0.15, 0.2) is 11.0 Å². The Morgan fingerprint density at radius 2 is 2.11 bits per heavy atom. The van der Waals surface area contributed by atoms with E-state index < -0.39 is 0 Å². The van der Waals surface area contributed by atoms with Crippen LogP contribution in [0.15, 0.2) is 35.5 Å². The van der Waals surface area contributed by atoms with E-state index in [0.29, 0.717) is 0 Å². The second kappa shape index (κ2) is 5.12. The summed E-state index contributed by atoms with van der Waals surface area (Å²) in [7, 11) is 0. The zero-order chi connectivity index (χ0) is 12.4. The molecule has 4 nitrogen and oxygen atoms in total. The third-order valence-corrected chi connectivity index (χ3v) is 4.10. The van der Waals surface area contributed by atoms with Crippen LogP contribution >= 0.6 is 11.8 Å². The van der Waals surface area contributed by atoms with Gasteiger partial charge >= 0.3 is 0 Å². The molecule has 0 radical (unpaired) electrons. The average Bonchev–Trinajstić information content (AvgIpc) is 2.80. The third kappa shape index (κ3) is 2.42. The van der Waals surface area contributed by atoms with Gasteiger partial charge in [-0.2, -0.15) is 5.10 Å². The van der Waals surface area contributed by atoms with Gasteiger partial charge in [-0.05, 0) is 12.1 Å². The van der Waals surface area contributed by atoms with Crippen molar-refractivity contribution in [2.45, 2.75) is 25.2 Å². The summed E-state index contributed by atoms with van der Waals surface area (Å²) in [5.74, 6) is 1.93. The fourth-order valence-electron chi connectivity index (χ4n) is 2.00. The van der Waals surface area contributed by atoms with E-state index in [2.05, 4.69) is 46.2 Å². The highest BCUT2D eigenvalue weighted by Gasteiger charge is 2.18. The summed E-state index contributed by atoms with van der Waals surface area (Å²) >= 11 is 1.77.